The summed E-state index contributed by atoms with van der Waals surface area (Å²) in [7, 11) is 2.19. The van der Waals surface area contributed by atoms with E-state index >= 15 is 0 Å². The second-order valence-corrected chi connectivity index (χ2v) is 5.15. The Morgan fingerprint density at radius 2 is 2.26 bits per heavy atom. The van der Waals surface area contributed by atoms with Gasteiger partial charge in [-0.2, -0.15) is 4.98 Å². The Bertz CT molecular complexity index is 420. The number of anilines is 2. The number of ether oxygens (including phenoxy) is 1. The quantitative estimate of drug-likeness (QED) is 0.788. The molecule has 0 aliphatic heterocycles. The van der Waals surface area contributed by atoms with Crippen LogP contribution in [0.15, 0.2) is 12.1 Å². The Morgan fingerprint density at radius 1 is 1.53 bits per heavy atom. The Hall–Kier alpha value is -1.49. The Morgan fingerprint density at radius 3 is 2.89 bits per heavy atom. The molecule has 1 saturated carbocycles. The largest absolute Gasteiger partial charge is 0.476 e. The first kappa shape index (κ1) is 13.9. The van der Waals surface area contributed by atoms with Crippen molar-refractivity contribution >= 4 is 11.5 Å². The molecule has 1 aromatic rings. The number of nitrogens with zero attached hydrogens (tertiary/aromatic N) is 2. The van der Waals surface area contributed by atoms with Crippen molar-refractivity contribution < 1.29 is 4.74 Å². The van der Waals surface area contributed by atoms with Gasteiger partial charge >= 0.3 is 0 Å². The normalized spacial score (nSPS) is 16.4. The third kappa shape index (κ3) is 3.73. The molecule has 1 aromatic heterocycles. The van der Waals surface area contributed by atoms with Crippen molar-refractivity contribution in [2.75, 3.05) is 31.2 Å². The predicted octanol–water partition coefficient (Wildman–Crippen LogP) is 1.96. The van der Waals surface area contributed by atoms with Gasteiger partial charge in [-0.25, -0.2) is 0 Å². The zero-order valence-electron chi connectivity index (χ0n) is 12.0. The maximum Gasteiger partial charge on any atom is 0.239 e. The first-order valence-electron chi connectivity index (χ1n) is 6.97. The summed E-state index contributed by atoms with van der Waals surface area (Å²) in [5, 5.41) is 3.35. The summed E-state index contributed by atoms with van der Waals surface area (Å²) in [6, 6.07) is 4.98. The average molecular weight is 264 g/mol. The van der Waals surface area contributed by atoms with Gasteiger partial charge in [-0.1, -0.05) is 0 Å². The van der Waals surface area contributed by atoms with Crippen LogP contribution < -0.4 is 15.8 Å². The Kier molecular flexibility index (Phi) is 4.47. The lowest BCUT2D eigenvalue weighted by Crippen LogP contribution is -2.36. The summed E-state index contributed by atoms with van der Waals surface area (Å²) < 4.78 is 5.39. The number of hydrogen-bond acceptors (Lipinski definition) is 5. The van der Waals surface area contributed by atoms with E-state index in [1.807, 2.05) is 19.1 Å². The second kappa shape index (κ2) is 6.10. The van der Waals surface area contributed by atoms with E-state index in [0.29, 0.717) is 24.2 Å². The van der Waals surface area contributed by atoms with Gasteiger partial charge in [0.25, 0.3) is 0 Å². The number of rotatable bonds is 7. The molecule has 0 saturated heterocycles. The van der Waals surface area contributed by atoms with Crippen molar-refractivity contribution in [1.82, 2.24) is 9.88 Å². The van der Waals surface area contributed by atoms with E-state index in [1.54, 1.807) is 0 Å². The molecule has 1 aliphatic rings. The Labute approximate surface area is 115 Å². The van der Waals surface area contributed by atoms with Crippen LogP contribution in [0.1, 0.15) is 26.7 Å². The zero-order chi connectivity index (χ0) is 13.8. The van der Waals surface area contributed by atoms with Gasteiger partial charge in [-0.3, -0.25) is 4.90 Å². The van der Waals surface area contributed by atoms with Gasteiger partial charge < -0.3 is 15.8 Å². The number of nitrogens with two attached hydrogens (primary N) is 1. The monoisotopic (exact) mass is 264 g/mol. The molecule has 19 heavy (non-hydrogen) atoms. The van der Waals surface area contributed by atoms with E-state index in [9.17, 15) is 0 Å². The number of nitrogens with one attached hydrogen (secondary N) is 1. The van der Waals surface area contributed by atoms with Crippen LogP contribution in [0.2, 0.25) is 0 Å². The maximum absolute atomic E-state index is 5.80. The molecule has 1 fully saturated rings. The van der Waals surface area contributed by atoms with Crippen LogP contribution in [0, 0.1) is 0 Å². The van der Waals surface area contributed by atoms with Crippen molar-refractivity contribution in [2.45, 2.75) is 38.8 Å². The molecule has 1 heterocycles. The van der Waals surface area contributed by atoms with E-state index in [2.05, 4.69) is 29.2 Å². The lowest BCUT2D eigenvalue weighted by atomic mass is 10.3. The van der Waals surface area contributed by atoms with Gasteiger partial charge in [-0.15, -0.1) is 0 Å². The lowest BCUT2D eigenvalue weighted by molar-refractivity contribution is 0.257. The van der Waals surface area contributed by atoms with Crippen molar-refractivity contribution in [2.24, 2.45) is 0 Å². The molecule has 1 atom stereocenters. The van der Waals surface area contributed by atoms with Crippen LogP contribution in [0.5, 0.6) is 5.88 Å². The van der Waals surface area contributed by atoms with Crippen LogP contribution in [-0.2, 0) is 0 Å². The molecule has 5 nitrogen and oxygen atoms in total. The highest BCUT2D eigenvalue weighted by molar-refractivity contribution is 5.53. The molecular weight excluding hydrogens is 240 g/mol. The molecule has 0 bridgehead atoms. The van der Waals surface area contributed by atoms with Crippen LogP contribution in [-0.4, -0.2) is 42.2 Å². The SMILES string of the molecule is CCOc1nc(NCC(C)N(C)C2CC2)ccc1N. The highest BCUT2D eigenvalue weighted by Gasteiger charge is 2.28. The number of aromatic nitrogens is 1. The molecule has 1 unspecified atom stereocenters. The van der Waals surface area contributed by atoms with Gasteiger partial charge in [0, 0.05) is 18.6 Å². The molecule has 3 N–H and O–H groups in total. The van der Waals surface area contributed by atoms with E-state index < -0.39 is 0 Å². The van der Waals surface area contributed by atoms with Gasteiger partial charge in [0.1, 0.15) is 5.82 Å². The molecular formula is C14H24N4O. The van der Waals surface area contributed by atoms with Crippen LogP contribution in [0.25, 0.3) is 0 Å². The van der Waals surface area contributed by atoms with Crippen LogP contribution in [0.3, 0.4) is 0 Å². The van der Waals surface area contributed by atoms with Crippen molar-refractivity contribution in [1.29, 1.82) is 0 Å². The molecule has 1 aliphatic carbocycles. The second-order valence-electron chi connectivity index (χ2n) is 5.15. The Balaban J connectivity index is 1.89. The summed E-state index contributed by atoms with van der Waals surface area (Å²) in [6.45, 7) is 5.59. The van der Waals surface area contributed by atoms with Gasteiger partial charge in [0.2, 0.25) is 5.88 Å². The predicted molar refractivity (Wildman–Crippen MR) is 78.6 cm³/mol. The fraction of sp³-hybridized carbons (Fsp3) is 0.643. The molecule has 0 spiro atoms. The van der Waals surface area contributed by atoms with Crippen LogP contribution >= 0.6 is 0 Å². The molecule has 106 valence electrons. The number of hydrogen-bond donors (Lipinski definition) is 2. The molecule has 5 heteroatoms. The number of pyridine rings is 1. The van der Waals surface area contributed by atoms with Gasteiger partial charge in [0.05, 0.1) is 12.3 Å². The first-order valence-corrected chi connectivity index (χ1v) is 6.97. The maximum atomic E-state index is 5.80. The highest BCUT2D eigenvalue weighted by atomic mass is 16.5. The van der Waals surface area contributed by atoms with E-state index in [-0.39, 0.29) is 0 Å². The van der Waals surface area contributed by atoms with Gasteiger partial charge in [0.15, 0.2) is 0 Å². The summed E-state index contributed by atoms with van der Waals surface area (Å²) in [5.41, 5.74) is 6.38. The minimum atomic E-state index is 0.488. The topological polar surface area (TPSA) is 63.4 Å². The van der Waals surface area contributed by atoms with E-state index in [1.165, 1.54) is 12.8 Å². The fourth-order valence-electron chi connectivity index (χ4n) is 2.04. The third-order valence-electron chi connectivity index (χ3n) is 3.57. The minimum absolute atomic E-state index is 0.488. The lowest BCUT2D eigenvalue weighted by Gasteiger charge is -2.24. The smallest absolute Gasteiger partial charge is 0.239 e. The average Bonchev–Trinajstić information content (AvgIpc) is 3.23. The third-order valence-corrected chi connectivity index (χ3v) is 3.57. The fourth-order valence-corrected chi connectivity index (χ4v) is 2.04. The van der Waals surface area contributed by atoms with Crippen molar-refractivity contribution in [3.63, 3.8) is 0 Å². The summed E-state index contributed by atoms with van der Waals surface area (Å²) in [5.74, 6) is 1.32. The van der Waals surface area contributed by atoms with E-state index in [0.717, 1.165) is 18.4 Å². The minimum Gasteiger partial charge on any atom is -0.476 e. The molecule has 2 rings (SSSR count). The van der Waals surface area contributed by atoms with Crippen LogP contribution in [0.4, 0.5) is 11.5 Å². The molecule has 0 amide bonds. The number of likely N-dealkylation sites (N-methyl/N-ethyl adjacent to an activating group) is 1. The van der Waals surface area contributed by atoms with E-state index in [4.69, 9.17) is 10.5 Å². The van der Waals surface area contributed by atoms with Gasteiger partial charge in [-0.05, 0) is 45.9 Å². The van der Waals surface area contributed by atoms with Crippen molar-refractivity contribution in [3.05, 3.63) is 12.1 Å². The summed E-state index contributed by atoms with van der Waals surface area (Å²) >= 11 is 0. The first-order chi connectivity index (χ1) is 9.11. The summed E-state index contributed by atoms with van der Waals surface area (Å²) in [6.07, 6.45) is 2.66. The molecule has 0 aromatic carbocycles. The zero-order valence-corrected chi connectivity index (χ0v) is 12.0. The standard InChI is InChI=1S/C14H24N4O/c1-4-19-14-12(15)7-8-13(17-14)16-9-10(2)18(3)11-5-6-11/h7-8,10-11H,4-6,9,15H2,1-3H3,(H,16,17). The summed E-state index contributed by atoms with van der Waals surface area (Å²) in [4.78, 5) is 6.80. The van der Waals surface area contributed by atoms with Crippen molar-refractivity contribution in [3.8, 4) is 5.88 Å². The highest BCUT2D eigenvalue weighted by Crippen LogP contribution is 2.27. The number of nitrogen functional groups attached to an aromatic ring is 1. The molecule has 0 radical (unpaired) electrons.